The van der Waals surface area contributed by atoms with Gasteiger partial charge in [-0.1, -0.05) is 29.8 Å². The third-order valence-electron chi connectivity index (χ3n) is 2.79. The summed E-state index contributed by atoms with van der Waals surface area (Å²) in [5.74, 6) is -0.202. The van der Waals surface area contributed by atoms with Crippen LogP contribution in [-0.2, 0) is 0 Å². The highest BCUT2D eigenvalue weighted by Crippen LogP contribution is 2.21. The minimum absolute atomic E-state index is 0.202. The van der Waals surface area contributed by atoms with E-state index in [0.29, 0.717) is 6.54 Å². The Morgan fingerprint density at radius 3 is 2.68 bits per heavy atom. The number of aryl methyl sites for hydroxylation is 1. The third-order valence-corrected chi connectivity index (χ3v) is 2.97. The summed E-state index contributed by atoms with van der Waals surface area (Å²) in [6, 6.07) is 7.72. The first kappa shape index (κ1) is 13.5. The average molecular weight is 276 g/mol. The van der Waals surface area contributed by atoms with E-state index in [1.807, 2.05) is 38.1 Å². The number of aromatic nitrogens is 2. The summed E-state index contributed by atoms with van der Waals surface area (Å²) in [4.78, 5) is 22.0. The minimum Gasteiger partial charge on any atom is -0.307 e. The molecule has 2 aromatic rings. The SMILES string of the molecule is CCN(C(=O)c1cncc(Cl)n1)c1ccccc1C. The van der Waals surface area contributed by atoms with Crippen molar-refractivity contribution in [2.24, 2.45) is 0 Å². The van der Waals surface area contributed by atoms with E-state index in [2.05, 4.69) is 9.97 Å². The van der Waals surface area contributed by atoms with Gasteiger partial charge in [-0.15, -0.1) is 0 Å². The maximum Gasteiger partial charge on any atom is 0.278 e. The zero-order valence-corrected chi connectivity index (χ0v) is 11.6. The molecule has 0 aliphatic rings. The minimum atomic E-state index is -0.202. The zero-order chi connectivity index (χ0) is 13.8. The van der Waals surface area contributed by atoms with Crippen LogP contribution in [0.25, 0.3) is 0 Å². The van der Waals surface area contributed by atoms with E-state index in [4.69, 9.17) is 11.6 Å². The Kier molecular flexibility index (Phi) is 4.12. The average Bonchev–Trinajstić information content (AvgIpc) is 2.41. The van der Waals surface area contributed by atoms with Crippen LogP contribution in [0.2, 0.25) is 5.15 Å². The van der Waals surface area contributed by atoms with Gasteiger partial charge in [0, 0.05) is 12.2 Å². The Labute approximate surface area is 117 Å². The molecule has 1 amide bonds. The summed E-state index contributed by atoms with van der Waals surface area (Å²) >= 11 is 5.77. The first-order chi connectivity index (χ1) is 9.13. The molecule has 5 heteroatoms. The molecule has 1 aromatic heterocycles. The molecule has 0 saturated carbocycles. The van der Waals surface area contributed by atoms with Crippen molar-refractivity contribution < 1.29 is 4.79 Å². The van der Waals surface area contributed by atoms with E-state index >= 15 is 0 Å². The van der Waals surface area contributed by atoms with E-state index < -0.39 is 0 Å². The van der Waals surface area contributed by atoms with E-state index in [1.54, 1.807) is 4.90 Å². The number of amides is 1. The van der Waals surface area contributed by atoms with Crippen molar-refractivity contribution in [3.05, 3.63) is 53.1 Å². The van der Waals surface area contributed by atoms with Crippen LogP contribution >= 0.6 is 11.6 Å². The lowest BCUT2D eigenvalue weighted by Gasteiger charge is -2.22. The first-order valence-corrected chi connectivity index (χ1v) is 6.36. The zero-order valence-electron chi connectivity index (χ0n) is 10.8. The Bertz CT molecular complexity index is 601. The molecule has 0 saturated heterocycles. The molecule has 0 aliphatic heterocycles. The predicted molar refractivity (Wildman–Crippen MR) is 75.6 cm³/mol. The molecule has 1 aromatic carbocycles. The molecule has 0 atom stereocenters. The summed E-state index contributed by atoms with van der Waals surface area (Å²) in [6.45, 7) is 4.44. The van der Waals surface area contributed by atoms with Crippen LogP contribution in [0.15, 0.2) is 36.7 Å². The summed E-state index contributed by atoms with van der Waals surface area (Å²) in [5.41, 5.74) is 2.15. The standard InChI is InChI=1S/C14H14ClN3O/c1-3-18(12-7-5-4-6-10(12)2)14(19)11-8-16-9-13(15)17-11/h4-9H,3H2,1-2H3. The maximum atomic E-state index is 12.4. The van der Waals surface area contributed by atoms with Crippen LogP contribution in [0.5, 0.6) is 0 Å². The molecule has 0 bridgehead atoms. The first-order valence-electron chi connectivity index (χ1n) is 5.98. The third kappa shape index (κ3) is 2.90. The molecular weight excluding hydrogens is 262 g/mol. The van der Waals surface area contributed by atoms with Gasteiger partial charge in [0.15, 0.2) is 0 Å². The second kappa shape index (κ2) is 5.80. The smallest absolute Gasteiger partial charge is 0.278 e. The van der Waals surface area contributed by atoms with Gasteiger partial charge >= 0.3 is 0 Å². The lowest BCUT2D eigenvalue weighted by Crippen LogP contribution is -2.32. The molecule has 0 aliphatic carbocycles. The maximum absolute atomic E-state index is 12.4. The fourth-order valence-electron chi connectivity index (χ4n) is 1.87. The van der Waals surface area contributed by atoms with Crippen molar-refractivity contribution in [1.29, 1.82) is 0 Å². The number of benzene rings is 1. The second-order valence-electron chi connectivity index (χ2n) is 4.06. The van der Waals surface area contributed by atoms with Crippen LogP contribution in [0, 0.1) is 6.92 Å². The van der Waals surface area contributed by atoms with Crippen molar-refractivity contribution in [1.82, 2.24) is 9.97 Å². The van der Waals surface area contributed by atoms with Crippen molar-refractivity contribution in [3.8, 4) is 0 Å². The number of rotatable bonds is 3. The van der Waals surface area contributed by atoms with Crippen LogP contribution < -0.4 is 4.90 Å². The molecule has 0 spiro atoms. The predicted octanol–water partition coefficient (Wildman–Crippen LogP) is 3.11. The van der Waals surface area contributed by atoms with Gasteiger partial charge in [-0.05, 0) is 25.5 Å². The topological polar surface area (TPSA) is 46.1 Å². The number of hydrogen-bond donors (Lipinski definition) is 0. The van der Waals surface area contributed by atoms with Crippen LogP contribution in [0.3, 0.4) is 0 Å². The van der Waals surface area contributed by atoms with Crippen molar-refractivity contribution in [2.75, 3.05) is 11.4 Å². The molecule has 98 valence electrons. The molecule has 0 unspecified atom stereocenters. The van der Waals surface area contributed by atoms with Crippen LogP contribution in [-0.4, -0.2) is 22.4 Å². The number of hydrogen-bond acceptors (Lipinski definition) is 3. The molecule has 1 heterocycles. The lowest BCUT2D eigenvalue weighted by atomic mass is 10.1. The van der Waals surface area contributed by atoms with Crippen LogP contribution in [0.4, 0.5) is 5.69 Å². The summed E-state index contributed by atoms with van der Waals surface area (Å²) in [6.07, 6.45) is 2.83. The largest absolute Gasteiger partial charge is 0.307 e. The number of para-hydroxylation sites is 1. The Balaban J connectivity index is 2.38. The Hall–Kier alpha value is -1.94. The molecule has 0 fully saturated rings. The molecule has 19 heavy (non-hydrogen) atoms. The highest BCUT2D eigenvalue weighted by molar-refractivity contribution is 6.29. The Morgan fingerprint density at radius 1 is 1.32 bits per heavy atom. The van der Waals surface area contributed by atoms with Crippen molar-refractivity contribution >= 4 is 23.2 Å². The highest BCUT2D eigenvalue weighted by Gasteiger charge is 2.19. The molecule has 0 N–H and O–H groups in total. The van der Waals surface area contributed by atoms with Gasteiger partial charge in [0.2, 0.25) is 0 Å². The fraction of sp³-hybridized carbons (Fsp3) is 0.214. The van der Waals surface area contributed by atoms with Gasteiger partial charge < -0.3 is 4.90 Å². The summed E-state index contributed by atoms with van der Waals surface area (Å²) < 4.78 is 0. The van der Waals surface area contributed by atoms with Gasteiger partial charge in [-0.2, -0.15) is 0 Å². The Morgan fingerprint density at radius 2 is 2.05 bits per heavy atom. The lowest BCUT2D eigenvalue weighted by molar-refractivity contribution is 0.0983. The number of anilines is 1. The van der Waals surface area contributed by atoms with E-state index in [1.165, 1.54) is 12.4 Å². The monoisotopic (exact) mass is 275 g/mol. The van der Waals surface area contributed by atoms with Gasteiger partial charge in [-0.25, -0.2) is 4.98 Å². The molecule has 4 nitrogen and oxygen atoms in total. The normalized spacial score (nSPS) is 10.3. The van der Waals surface area contributed by atoms with Gasteiger partial charge in [0.05, 0.1) is 12.4 Å². The second-order valence-corrected chi connectivity index (χ2v) is 4.45. The summed E-state index contributed by atoms with van der Waals surface area (Å²) in [7, 11) is 0. The van der Waals surface area contributed by atoms with Gasteiger partial charge in [-0.3, -0.25) is 9.78 Å². The summed E-state index contributed by atoms with van der Waals surface area (Å²) in [5, 5.41) is 0.215. The molecule has 0 radical (unpaired) electrons. The highest BCUT2D eigenvalue weighted by atomic mass is 35.5. The van der Waals surface area contributed by atoms with Crippen molar-refractivity contribution in [3.63, 3.8) is 0 Å². The molecule has 2 rings (SSSR count). The number of nitrogens with zero attached hydrogens (tertiary/aromatic N) is 3. The van der Waals surface area contributed by atoms with Gasteiger partial charge in [0.25, 0.3) is 5.91 Å². The number of carbonyl (C=O) groups is 1. The van der Waals surface area contributed by atoms with Gasteiger partial charge in [0.1, 0.15) is 10.8 Å². The van der Waals surface area contributed by atoms with Crippen molar-refractivity contribution in [2.45, 2.75) is 13.8 Å². The quantitative estimate of drug-likeness (QED) is 0.865. The number of halogens is 1. The van der Waals surface area contributed by atoms with Crippen LogP contribution in [0.1, 0.15) is 23.0 Å². The number of carbonyl (C=O) groups excluding carboxylic acids is 1. The van der Waals surface area contributed by atoms with E-state index in [0.717, 1.165) is 11.3 Å². The fourth-order valence-corrected chi connectivity index (χ4v) is 2.02. The van der Waals surface area contributed by atoms with E-state index in [9.17, 15) is 4.79 Å². The molecular formula is C14H14ClN3O. The van der Waals surface area contributed by atoms with E-state index in [-0.39, 0.29) is 16.8 Å².